The average Bonchev–Trinajstić information content (AvgIpc) is 2.66. The lowest BCUT2D eigenvalue weighted by atomic mass is 10.2. The first kappa shape index (κ1) is 19.7. The second-order valence-electron chi connectivity index (χ2n) is 5.01. The van der Waals surface area contributed by atoms with Crippen LogP contribution < -0.4 is 5.73 Å². The van der Waals surface area contributed by atoms with Gasteiger partial charge in [-0.3, -0.25) is 4.79 Å². The van der Waals surface area contributed by atoms with Crippen LogP contribution in [0.4, 0.5) is 0 Å². The molecule has 0 saturated carbocycles. The Kier molecular flexibility index (Phi) is 7.71. The molecule has 0 aliphatic rings. The number of fused-ring (bicyclic) bond motifs is 1. The van der Waals surface area contributed by atoms with Gasteiger partial charge in [-0.05, 0) is 19.1 Å². The molecule has 21 heavy (non-hydrogen) atoms. The number of rotatable bonds is 4. The van der Waals surface area contributed by atoms with Crippen LogP contribution in [0.3, 0.4) is 0 Å². The minimum Gasteiger partial charge on any atom is -0.338 e. The van der Waals surface area contributed by atoms with E-state index in [4.69, 9.17) is 5.73 Å². The Hall–Kier alpha value is -1.30. The van der Waals surface area contributed by atoms with E-state index in [0.29, 0.717) is 13.0 Å². The molecular weight excluding hydrogens is 311 g/mol. The summed E-state index contributed by atoms with van der Waals surface area (Å²) in [6.07, 6.45) is 0.362. The molecule has 5 nitrogen and oxygen atoms in total. The Balaban J connectivity index is 0.00000200. The van der Waals surface area contributed by atoms with E-state index in [9.17, 15) is 4.79 Å². The molecule has 1 unspecified atom stereocenters. The number of aryl methyl sites for hydroxylation is 1. The van der Waals surface area contributed by atoms with Gasteiger partial charge in [-0.15, -0.1) is 24.8 Å². The maximum Gasteiger partial charge on any atom is 0.224 e. The van der Waals surface area contributed by atoms with E-state index < -0.39 is 0 Å². The monoisotopic (exact) mass is 332 g/mol. The molecule has 0 fully saturated rings. The molecule has 2 aromatic rings. The Bertz CT molecular complexity index is 598. The maximum absolute atomic E-state index is 11.9. The number of hydrogen-bond donors (Lipinski definition) is 1. The highest BCUT2D eigenvalue weighted by atomic mass is 35.5. The van der Waals surface area contributed by atoms with E-state index in [1.54, 1.807) is 11.9 Å². The minimum atomic E-state index is -0.115. The molecule has 0 saturated heterocycles. The number of nitrogens with zero attached hydrogens (tertiary/aromatic N) is 3. The fourth-order valence-corrected chi connectivity index (χ4v) is 2.07. The zero-order valence-electron chi connectivity index (χ0n) is 12.4. The standard InChI is InChI=1S/C14H20N4O.2ClH/c1-10(15)8-14(19)17(2)9-13-16-11-6-4-5-7-12(11)18(13)3;;/h4-7,10H,8-9,15H2,1-3H3;2*1H. The van der Waals surface area contributed by atoms with E-state index in [1.165, 1.54) is 0 Å². The van der Waals surface area contributed by atoms with Gasteiger partial charge < -0.3 is 15.2 Å². The zero-order chi connectivity index (χ0) is 14.0. The first-order valence-corrected chi connectivity index (χ1v) is 6.39. The van der Waals surface area contributed by atoms with Crippen molar-refractivity contribution in [2.45, 2.75) is 25.9 Å². The molecule has 118 valence electrons. The number of halogens is 2. The van der Waals surface area contributed by atoms with Crippen LogP contribution in [0.15, 0.2) is 24.3 Å². The van der Waals surface area contributed by atoms with Gasteiger partial charge in [0.15, 0.2) is 0 Å². The van der Waals surface area contributed by atoms with Crippen LogP contribution in [0, 0.1) is 0 Å². The number of benzene rings is 1. The van der Waals surface area contributed by atoms with Crippen LogP contribution in [0.25, 0.3) is 11.0 Å². The largest absolute Gasteiger partial charge is 0.338 e. The van der Waals surface area contributed by atoms with Gasteiger partial charge in [0.25, 0.3) is 0 Å². The van der Waals surface area contributed by atoms with Crippen molar-refractivity contribution in [3.05, 3.63) is 30.1 Å². The highest BCUT2D eigenvalue weighted by molar-refractivity contribution is 5.85. The number of hydrogen-bond acceptors (Lipinski definition) is 3. The smallest absolute Gasteiger partial charge is 0.224 e. The number of amides is 1. The number of carbonyl (C=O) groups is 1. The molecule has 1 aromatic carbocycles. The molecule has 1 amide bonds. The van der Waals surface area contributed by atoms with Crippen molar-refractivity contribution in [3.63, 3.8) is 0 Å². The predicted molar refractivity (Wildman–Crippen MR) is 90.0 cm³/mol. The Morgan fingerprint density at radius 3 is 2.57 bits per heavy atom. The number of para-hydroxylation sites is 2. The lowest BCUT2D eigenvalue weighted by Crippen LogP contribution is -2.32. The van der Waals surface area contributed by atoms with Crippen molar-refractivity contribution >= 4 is 41.8 Å². The summed E-state index contributed by atoms with van der Waals surface area (Å²) >= 11 is 0. The third-order valence-corrected chi connectivity index (χ3v) is 3.18. The maximum atomic E-state index is 11.9. The number of aromatic nitrogens is 2. The van der Waals surface area contributed by atoms with Gasteiger partial charge in [-0.2, -0.15) is 0 Å². The minimum absolute atomic E-state index is 0. The van der Waals surface area contributed by atoms with E-state index in [2.05, 4.69) is 4.98 Å². The molecule has 1 heterocycles. The number of imidazole rings is 1. The molecule has 1 aromatic heterocycles. The Morgan fingerprint density at radius 1 is 1.38 bits per heavy atom. The summed E-state index contributed by atoms with van der Waals surface area (Å²) in [7, 11) is 3.75. The fraction of sp³-hybridized carbons (Fsp3) is 0.429. The molecule has 0 bridgehead atoms. The van der Waals surface area contributed by atoms with Crippen molar-refractivity contribution in [3.8, 4) is 0 Å². The summed E-state index contributed by atoms with van der Waals surface area (Å²) < 4.78 is 2.02. The third-order valence-electron chi connectivity index (χ3n) is 3.18. The van der Waals surface area contributed by atoms with E-state index in [1.807, 2.05) is 42.8 Å². The van der Waals surface area contributed by atoms with Crippen LogP contribution >= 0.6 is 24.8 Å². The van der Waals surface area contributed by atoms with Crippen molar-refractivity contribution in [1.82, 2.24) is 14.5 Å². The summed E-state index contributed by atoms with van der Waals surface area (Å²) in [6.45, 7) is 2.33. The van der Waals surface area contributed by atoms with Gasteiger partial charge in [0, 0.05) is 26.6 Å². The van der Waals surface area contributed by atoms with E-state index in [0.717, 1.165) is 16.9 Å². The van der Waals surface area contributed by atoms with Crippen molar-refractivity contribution in [2.24, 2.45) is 12.8 Å². The third kappa shape index (κ3) is 4.59. The van der Waals surface area contributed by atoms with Crippen molar-refractivity contribution in [1.29, 1.82) is 0 Å². The van der Waals surface area contributed by atoms with Crippen LogP contribution in [0.2, 0.25) is 0 Å². The topological polar surface area (TPSA) is 64.2 Å². The van der Waals surface area contributed by atoms with E-state index >= 15 is 0 Å². The molecule has 0 radical (unpaired) electrons. The fourth-order valence-electron chi connectivity index (χ4n) is 2.07. The highest BCUT2D eigenvalue weighted by Gasteiger charge is 2.14. The van der Waals surface area contributed by atoms with Crippen molar-refractivity contribution in [2.75, 3.05) is 7.05 Å². The first-order valence-electron chi connectivity index (χ1n) is 6.39. The van der Waals surface area contributed by atoms with Gasteiger partial charge in [-0.25, -0.2) is 4.98 Å². The molecule has 1 atom stereocenters. The molecule has 2 N–H and O–H groups in total. The van der Waals surface area contributed by atoms with Crippen LogP contribution in [-0.2, 0) is 18.4 Å². The van der Waals surface area contributed by atoms with Gasteiger partial charge in [0.05, 0.1) is 17.6 Å². The number of carbonyl (C=O) groups excluding carboxylic acids is 1. The summed E-state index contributed by atoms with van der Waals surface area (Å²) in [5, 5.41) is 0. The zero-order valence-corrected chi connectivity index (χ0v) is 14.1. The average molecular weight is 333 g/mol. The Morgan fingerprint density at radius 2 is 2.00 bits per heavy atom. The summed E-state index contributed by atoms with van der Waals surface area (Å²) in [4.78, 5) is 18.1. The highest BCUT2D eigenvalue weighted by Crippen LogP contribution is 2.15. The summed E-state index contributed by atoms with van der Waals surface area (Å²) in [6, 6.07) is 7.83. The van der Waals surface area contributed by atoms with Gasteiger partial charge >= 0.3 is 0 Å². The van der Waals surface area contributed by atoms with Crippen LogP contribution in [0.1, 0.15) is 19.2 Å². The van der Waals surface area contributed by atoms with Gasteiger partial charge in [0.1, 0.15) is 5.82 Å². The molecule has 0 aliphatic heterocycles. The molecule has 0 aliphatic carbocycles. The van der Waals surface area contributed by atoms with Gasteiger partial charge in [0.2, 0.25) is 5.91 Å². The number of nitrogens with two attached hydrogens (primary N) is 1. The molecule has 0 spiro atoms. The lowest BCUT2D eigenvalue weighted by molar-refractivity contribution is -0.130. The van der Waals surface area contributed by atoms with Crippen molar-refractivity contribution < 1.29 is 4.79 Å². The SMILES string of the molecule is CC(N)CC(=O)N(C)Cc1nc2ccccc2n1C.Cl.Cl. The summed E-state index contributed by atoms with van der Waals surface area (Å²) in [5.74, 6) is 0.920. The van der Waals surface area contributed by atoms with Crippen LogP contribution in [0.5, 0.6) is 0 Å². The molecular formula is C14H22Cl2N4O. The van der Waals surface area contributed by atoms with Crippen LogP contribution in [-0.4, -0.2) is 33.4 Å². The summed E-state index contributed by atoms with van der Waals surface area (Å²) in [5.41, 5.74) is 7.67. The second-order valence-corrected chi connectivity index (χ2v) is 5.01. The van der Waals surface area contributed by atoms with E-state index in [-0.39, 0.29) is 36.8 Å². The quantitative estimate of drug-likeness (QED) is 0.932. The Labute approximate surface area is 137 Å². The second kappa shape index (κ2) is 8.22. The lowest BCUT2D eigenvalue weighted by Gasteiger charge is -2.18. The normalized spacial score (nSPS) is 11.4. The first-order chi connectivity index (χ1) is 8.99. The van der Waals surface area contributed by atoms with Gasteiger partial charge in [-0.1, -0.05) is 12.1 Å². The molecule has 7 heteroatoms. The predicted octanol–water partition coefficient (Wildman–Crippen LogP) is 2.11. The molecule has 2 rings (SSSR count).